The summed E-state index contributed by atoms with van der Waals surface area (Å²) in [5.74, 6) is 0.533. The molecule has 1 aliphatic rings. The summed E-state index contributed by atoms with van der Waals surface area (Å²) in [5.41, 5.74) is 1.73. The van der Waals surface area contributed by atoms with E-state index in [1.54, 1.807) is 19.3 Å². The minimum Gasteiger partial charge on any atom is -0.339 e. The number of nitrogens with zero attached hydrogens (tertiary/aromatic N) is 2. The Morgan fingerprint density at radius 1 is 1.08 bits per heavy atom. The highest BCUT2D eigenvalue weighted by atomic mass is 16.2. The fourth-order valence-corrected chi connectivity index (χ4v) is 3.57. The quantitative estimate of drug-likeness (QED) is 0.870. The Labute approximate surface area is 142 Å². The zero-order chi connectivity index (χ0) is 17.1. The number of aromatic nitrogens is 1. The lowest BCUT2D eigenvalue weighted by molar-refractivity contribution is 0.0689. The monoisotopic (exact) mass is 324 g/mol. The molecule has 0 spiro atoms. The van der Waals surface area contributed by atoms with Gasteiger partial charge >= 0.3 is 0 Å². The fourth-order valence-electron chi connectivity index (χ4n) is 3.57. The lowest BCUT2D eigenvalue weighted by Crippen LogP contribution is -2.39. The molecule has 1 aromatic heterocycles. The van der Waals surface area contributed by atoms with Gasteiger partial charge in [-0.05, 0) is 43.2 Å². The van der Waals surface area contributed by atoms with Gasteiger partial charge in [-0.1, -0.05) is 30.3 Å². The lowest BCUT2D eigenvalue weighted by Gasteiger charge is -2.35. The molecule has 4 heteroatoms. The van der Waals surface area contributed by atoms with E-state index in [0.29, 0.717) is 11.5 Å². The molecule has 1 fully saturated rings. The van der Waals surface area contributed by atoms with Crippen LogP contribution in [0.15, 0.2) is 53.5 Å². The van der Waals surface area contributed by atoms with Gasteiger partial charge in [0.2, 0.25) is 0 Å². The highest BCUT2D eigenvalue weighted by Gasteiger charge is 2.27. The molecule has 0 unspecified atom stereocenters. The topological polar surface area (TPSA) is 42.3 Å². The van der Waals surface area contributed by atoms with Crippen molar-refractivity contribution in [3.8, 4) is 0 Å². The first kappa shape index (κ1) is 16.5. The molecule has 4 nitrogen and oxygen atoms in total. The van der Waals surface area contributed by atoms with E-state index in [4.69, 9.17) is 0 Å². The first-order valence-corrected chi connectivity index (χ1v) is 8.55. The van der Waals surface area contributed by atoms with Gasteiger partial charge in [0.05, 0.1) is 0 Å². The van der Waals surface area contributed by atoms with Gasteiger partial charge in [0.25, 0.3) is 11.5 Å². The fraction of sp³-hybridized carbons (Fsp3) is 0.400. The molecule has 1 heterocycles. The predicted molar refractivity (Wildman–Crippen MR) is 95.2 cm³/mol. The van der Waals surface area contributed by atoms with Gasteiger partial charge in [-0.25, -0.2) is 0 Å². The van der Waals surface area contributed by atoms with Crippen molar-refractivity contribution in [2.24, 2.45) is 7.05 Å². The Kier molecular flexibility index (Phi) is 4.84. The third-order valence-corrected chi connectivity index (χ3v) is 5.19. The number of carbonyl (C=O) groups excluding carboxylic acids is 1. The van der Waals surface area contributed by atoms with E-state index in [1.165, 1.54) is 16.2 Å². The lowest BCUT2D eigenvalue weighted by atomic mass is 9.81. The van der Waals surface area contributed by atoms with Crippen LogP contribution < -0.4 is 5.56 Å². The second kappa shape index (κ2) is 7.04. The minimum absolute atomic E-state index is 0.0594. The summed E-state index contributed by atoms with van der Waals surface area (Å²) in [6, 6.07) is 14.0. The number of hydrogen-bond donors (Lipinski definition) is 0. The summed E-state index contributed by atoms with van der Waals surface area (Å²) in [5, 5.41) is 0. The molecular weight excluding hydrogens is 300 g/mol. The molecular formula is C20H24N2O2. The number of amides is 1. The standard InChI is InChI=1S/C20H24N2O2/c1-21-13-12-17(14-19(21)23)20(24)22(2)18-10-8-16(9-11-18)15-6-4-3-5-7-15/h3-7,12-14,16,18H,8-11H2,1-2H3. The number of rotatable bonds is 3. The van der Waals surface area contributed by atoms with Crippen LogP contribution >= 0.6 is 0 Å². The molecule has 24 heavy (non-hydrogen) atoms. The van der Waals surface area contributed by atoms with Crippen LogP contribution in [0.2, 0.25) is 0 Å². The van der Waals surface area contributed by atoms with Crippen molar-refractivity contribution in [3.63, 3.8) is 0 Å². The largest absolute Gasteiger partial charge is 0.339 e. The van der Waals surface area contributed by atoms with Crippen molar-refractivity contribution in [3.05, 3.63) is 70.1 Å². The van der Waals surface area contributed by atoms with Crippen molar-refractivity contribution in [1.29, 1.82) is 0 Å². The van der Waals surface area contributed by atoms with E-state index in [9.17, 15) is 9.59 Å². The van der Waals surface area contributed by atoms with Crippen LogP contribution in [-0.2, 0) is 7.05 Å². The van der Waals surface area contributed by atoms with E-state index in [-0.39, 0.29) is 17.5 Å². The summed E-state index contributed by atoms with van der Waals surface area (Å²) in [7, 11) is 3.54. The number of benzene rings is 1. The zero-order valence-corrected chi connectivity index (χ0v) is 14.3. The van der Waals surface area contributed by atoms with Gasteiger partial charge in [0.15, 0.2) is 0 Å². The average molecular weight is 324 g/mol. The Hall–Kier alpha value is -2.36. The van der Waals surface area contributed by atoms with Gasteiger partial charge in [-0.3, -0.25) is 9.59 Å². The Bertz CT molecular complexity index is 759. The molecule has 1 aromatic carbocycles. The van der Waals surface area contributed by atoms with Gasteiger partial charge in [0.1, 0.15) is 0 Å². The molecule has 0 saturated heterocycles. The second-order valence-corrected chi connectivity index (χ2v) is 6.70. The van der Waals surface area contributed by atoms with Gasteiger partial charge in [-0.2, -0.15) is 0 Å². The normalized spacial score (nSPS) is 20.6. The predicted octanol–water partition coefficient (Wildman–Crippen LogP) is 3.18. The Morgan fingerprint density at radius 3 is 2.38 bits per heavy atom. The number of aryl methyl sites for hydroxylation is 1. The maximum Gasteiger partial charge on any atom is 0.254 e. The highest BCUT2D eigenvalue weighted by molar-refractivity contribution is 5.94. The van der Waals surface area contributed by atoms with Gasteiger partial charge < -0.3 is 9.47 Å². The van der Waals surface area contributed by atoms with Gasteiger partial charge in [-0.15, -0.1) is 0 Å². The molecule has 0 N–H and O–H groups in total. The summed E-state index contributed by atoms with van der Waals surface area (Å²) in [6.07, 6.45) is 5.86. The first-order valence-electron chi connectivity index (χ1n) is 8.55. The summed E-state index contributed by atoms with van der Waals surface area (Å²) < 4.78 is 1.47. The van der Waals surface area contributed by atoms with Crippen LogP contribution in [-0.4, -0.2) is 28.5 Å². The average Bonchev–Trinajstić information content (AvgIpc) is 2.63. The molecule has 126 valence electrons. The molecule has 0 bridgehead atoms. The van der Waals surface area contributed by atoms with Crippen LogP contribution in [0.1, 0.15) is 47.5 Å². The highest BCUT2D eigenvalue weighted by Crippen LogP contribution is 2.34. The number of pyridine rings is 1. The van der Waals surface area contributed by atoms with Crippen molar-refractivity contribution >= 4 is 5.91 Å². The minimum atomic E-state index is -0.151. The SMILES string of the molecule is CN(C(=O)c1ccn(C)c(=O)c1)C1CCC(c2ccccc2)CC1. The molecule has 3 rings (SSSR count). The van der Waals surface area contributed by atoms with Crippen molar-refractivity contribution in [2.75, 3.05) is 7.05 Å². The zero-order valence-electron chi connectivity index (χ0n) is 14.3. The summed E-state index contributed by atoms with van der Waals surface area (Å²) >= 11 is 0. The molecule has 1 saturated carbocycles. The molecule has 1 amide bonds. The van der Waals surface area contributed by atoms with Crippen LogP contribution in [0.5, 0.6) is 0 Å². The molecule has 0 atom stereocenters. The molecule has 0 aliphatic heterocycles. The van der Waals surface area contributed by atoms with E-state index < -0.39 is 0 Å². The molecule has 2 aromatic rings. The Morgan fingerprint density at radius 2 is 1.75 bits per heavy atom. The smallest absolute Gasteiger partial charge is 0.254 e. The first-order chi connectivity index (χ1) is 11.6. The van der Waals surface area contributed by atoms with E-state index in [0.717, 1.165) is 25.7 Å². The van der Waals surface area contributed by atoms with Crippen LogP contribution in [0, 0.1) is 0 Å². The number of hydrogen-bond acceptors (Lipinski definition) is 2. The third-order valence-electron chi connectivity index (χ3n) is 5.19. The number of carbonyl (C=O) groups is 1. The van der Waals surface area contributed by atoms with Crippen LogP contribution in [0.25, 0.3) is 0 Å². The summed E-state index contributed by atoms with van der Waals surface area (Å²) in [4.78, 5) is 26.2. The van der Waals surface area contributed by atoms with Crippen molar-refractivity contribution < 1.29 is 4.79 Å². The second-order valence-electron chi connectivity index (χ2n) is 6.70. The van der Waals surface area contributed by atoms with E-state index in [1.807, 2.05) is 18.0 Å². The molecule has 0 radical (unpaired) electrons. The van der Waals surface area contributed by atoms with Crippen molar-refractivity contribution in [1.82, 2.24) is 9.47 Å². The third kappa shape index (κ3) is 3.42. The van der Waals surface area contributed by atoms with E-state index in [2.05, 4.69) is 24.3 Å². The Balaban J connectivity index is 1.64. The van der Waals surface area contributed by atoms with Crippen LogP contribution in [0.4, 0.5) is 0 Å². The van der Waals surface area contributed by atoms with Crippen LogP contribution in [0.3, 0.4) is 0 Å². The maximum atomic E-state index is 12.6. The summed E-state index contributed by atoms with van der Waals surface area (Å²) in [6.45, 7) is 0. The maximum absolute atomic E-state index is 12.6. The van der Waals surface area contributed by atoms with E-state index >= 15 is 0 Å². The van der Waals surface area contributed by atoms with Crippen molar-refractivity contribution in [2.45, 2.75) is 37.6 Å². The molecule has 1 aliphatic carbocycles. The van der Waals surface area contributed by atoms with Gasteiger partial charge in [0, 0.05) is 38.0 Å².